The van der Waals surface area contributed by atoms with E-state index in [0.717, 1.165) is 4.90 Å². The Morgan fingerprint density at radius 2 is 1.97 bits per heavy atom. The van der Waals surface area contributed by atoms with Gasteiger partial charge in [0.05, 0.1) is 10.9 Å². The Bertz CT molecular complexity index is 1110. The molecule has 11 heteroatoms. The fourth-order valence-corrected chi connectivity index (χ4v) is 4.08. The molecular formula is C21H17ClF2N2O6. The Balaban J connectivity index is 1.45. The first-order chi connectivity index (χ1) is 15.1. The summed E-state index contributed by atoms with van der Waals surface area (Å²) in [5.41, 5.74) is 1.08. The van der Waals surface area contributed by atoms with Crippen molar-refractivity contribution in [2.75, 3.05) is 0 Å². The van der Waals surface area contributed by atoms with E-state index in [0.29, 0.717) is 16.1 Å². The van der Waals surface area contributed by atoms with Crippen LogP contribution in [0.4, 0.5) is 8.78 Å². The van der Waals surface area contributed by atoms with Crippen LogP contribution in [0.3, 0.4) is 0 Å². The van der Waals surface area contributed by atoms with Gasteiger partial charge in [-0.2, -0.15) is 0 Å². The molecule has 2 amide bonds. The Labute approximate surface area is 185 Å². The highest BCUT2D eigenvalue weighted by atomic mass is 35.5. The van der Waals surface area contributed by atoms with E-state index < -0.39 is 42.0 Å². The summed E-state index contributed by atoms with van der Waals surface area (Å²) in [6.45, 7) is 1.66. The number of pyridine rings is 1. The van der Waals surface area contributed by atoms with E-state index in [-0.39, 0.29) is 24.3 Å². The highest BCUT2D eigenvalue weighted by Crippen LogP contribution is 2.42. The van der Waals surface area contributed by atoms with Crippen molar-refractivity contribution in [3.8, 4) is 11.5 Å². The summed E-state index contributed by atoms with van der Waals surface area (Å²) in [6.07, 6.45) is -0.979. The van der Waals surface area contributed by atoms with Crippen molar-refractivity contribution in [3.05, 3.63) is 52.8 Å². The number of carbonyl (C=O) groups is 3. The average molecular weight is 467 g/mol. The second kappa shape index (κ2) is 8.01. The van der Waals surface area contributed by atoms with Crippen LogP contribution in [0.15, 0.2) is 36.7 Å². The summed E-state index contributed by atoms with van der Waals surface area (Å²) in [5, 5.41) is 9.94. The second-order valence-electron chi connectivity index (χ2n) is 7.69. The number of likely N-dealkylation sites (tertiary alicyclic amines) is 1. The van der Waals surface area contributed by atoms with Gasteiger partial charge in [0.15, 0.2) is 11.5 Å². The summed E-state index contributed by atoms with van der Waals surface area (Å²) in [6, 6.07) is 4.41. The molecular weight excluding hydrogens is 450 g/mol. The van der Waals surface area contributed by atoms with Crippen molar-refractivity contribution < 1.29 is 37.7 Å². The van der Waals surface area contributed by atoms with E-state index in [1.54, 1.807) is 13.0 Å². The maximum Gasteiger partial charge on any atom is 0.586 e. The lowest BCUT2D eigenvalue weighted by atomic mass is 9.81. The first kappa shape index (κ1) is 21.9. The molecule has 1 aromatic carbocycles. The van der Waals surface area contributed by atoms with Gasteiger partial charge in [-0.15, -0.1) is 8.78 Å². The first-order valence-corrected chi connectivity index (χ1v) is 10.0. The zero-order chi connectivity index (χ0) is 23.2. The SMILES string of the molecule is C[C@@H](CC(=O)N1C(=O)[C@H](Cc2cncc(Cl)c2)[C@H]1C(=O)O)c1ccc2c(c1)OC(F)(F)O2. The maximum atomic E-state index is 13.2. The minimum Gasteiger partial charge on any atom is -0.480 e. The largest absolute Gasteiger partial charge is 0.586 e. The lowest BCUT2D eigenvalue weighted by molar-refractivity contribution is -0.286. The van der Waals surface area contributed by atoms with Gasteiger partial charge in [-0.25, -0.2) is 4.79 Å². The Hall–Kier alpha value is -3.27. The molecule has 2 aliphatic rings. The molecule has 1 N–H and O–H groups in total. The molecule has 1 aromatic heterocycles. The minimum atomic E-state index is -3.76. The van der Waals surface area contributed by atoms with E-state index in [1.165, 1.54) is 30.6 Å². The fourth-order valence-electron chi connectivity index (χ4n) is 3.88. The fraction of sp³-hybridized carbons (Fsp3) is 0.333. The normalized spacial score (nSPS) is 21.8. The smallest absolute Gasteiger partial charge is 0.480 e. The molecule has 3 atom stereocenters. The van der Waals surface area contributed by atoms with Crippen LogP contribution in [0.25, 0.3) is 0 Å². The van der Waals surface area contributed by atoms with Crippen LogP contribution in [-0.2, 0) is 20.8 Å². The number of hydrogen-bond donors (Lipinski definition) is 1. The molecule has 2 aliphatic heterocycles. The number of β-lactam (4-membered cyclic amide) rings is 1. The quantitative estimate of drug-likeness (QED) is 0.651. The zero-order valence-corrected chi connectivity index (χ0v) is 17.4. The highest BCUT2D eigenvalue weighted by Gasteiger charge is 2.54. The van der Waals surface area contributed by atoms with Crippen LogP contribution >= 0.6 is 11.6 Å². The van der Waals surface area contributed by atoms with E-state index in [2.05, 4.69) is 14.5 Å². The van der Waals surface area contributed by atoms with E-state index >= 15 is 0 Å². The number of benzene rings is 1. The number of amides is 2. The molecule has 168 valence electrons. The van der Waals surface area contributed by atoms with Crippen LogP contribution < -0.4 is 9.47 Å². The number of imide groups is 1. The van der Waals surface area contributed by atoms with Crippen molar-refractivity contribution in [1.82, 2.24) is 9.88 Å². The molecule has 2 aromatic rings. The standard InChI is InChI=1S/C21H17ClF2N2O6/c1-10(12-2-3-15-16(7-12)32-21(23,24)31-15)4-17(27)26-18(20(29)30)14(19(26)28)6-11-5-13(22)9-25-8-11/h2-3,5,7-10,14,18H,4,6H2,1H3,(H,29,30)/t10-,14+,18-/m0/s1. The summed E-state index contributed by atoms with van der Waals surface area (Å²) >= 11 is 5.88. The van der Waals surface area contributed by atoms with Gasteiger partial charge in [0.25, 0.3) is 0 Å². The van der Waals surface area contributed by atoms with Gasteiger partial charge >= 0.3 is 12.3 Å². The monoisotopic (exact) mass is 466 g/mol. The van der Waals surface area contributed by atoms with E-state index in [1.807, 2.05) is 0 Å². The van der Waals surface area contributed by atoms with Crippen LogP contribution in [0.5, 0.6) is 11.5 Å². The third-order valence-corrected chi connectivity index (χ3v) is 5.63. The topological polar surface area (TPSA) is 106 Å². The Kier molecular flexibility index (Phi) is 5.49. The lowest BCUT2D eigenvalue weighted by Crippen LogP contribution is -2.66. The Morgan fingerprint density at radius 3 is 2.66 bits per heavy atom. The molecule has 1 fully saturated rings. The van der Waals surface area contributed by atoms with Gasteiger partial charge in [0.1, 0.15) is 6.04 Å². The molecule has 32 heavy (non-hydrogen) atoms. The molecule has 8 nitrogen and oxygen atoms in total. The molecule has 1 saturated heterocycles. The molecule has 4 rings (SSSR count). The number of carboxylic acids is 1. The minimum absolute atomic E-state index is 0.0824. The van der Waals surface area contributed by atoms with Crippen molar-refractivity contribution in [2.45, 2.75) is 38.0 Å². The van der Waals surface area contributed by atoms with Crippen molar-refractivity contribution in [2.24, 2.45) is 5.92 Å². The second-order valence-corrected chi connectivity index (χ2v) is 8.12. The number of ether oxygens (including phenoxy) is 2. The van der Waals surface area contributed by atoms with Gasteiger partial charge in [-0.05, 0) is 41.7 Å². The molecule has 0 spiro atoms. The van der Waals surface area contributed by atoms with Crippen molar-refractivity contribution in [3.63, 3.8) is 0 Å². The number of halogens is 3. The summed E-state index contributed by atoms with van der Waals surface area (Å²) in [5.74, 6) is -4.26. The van der Waals surface area contributed by atoms with Gasteiger partial charge in [-0.3, -0.25) is 19.5 Å². The first-order valence-electron chi connectivity index (χ1n) is 9.63. The number of aromatic nitrogens is 1. The number of aliphatic carboxylic acids is 1. The summed E-state index contributed by atoms with van der Waals surface area (Å²) in [7, 11) is 0. The Morgan fingerprint density at radius 1 is 1.25 bits per heavy atom. The molecule has 0 bridgehead atoms. The van der Waals surface area contributed by atoms with Crippen LogP contribution in [0.1, 0.15) is 30.4 Å². The summed E-state index contributed by atoms with van der Waals surface area (Å²) in [4.78, 5) is 41.8. The predicted octanol–water partition coefficient (Wildman–Crippen LogP) is 3.23. The average Bonchev–Trinajstić information content (AvgIpc) is 3.02. The summed E-state index contributed by atoms with van der Waals surface area (Å²) < 4.78 is 35.2. The molecule has 0 saturated carbocycles. The number of carbonyl (C=O) groups excluding carboxylic acids is 2. The van der Waals surface area contributed by atoms with Gasteiger partial charge in [0.2, 0.25) is 11.8 Å². The van der Waals surface area contributed by atoms with Gasteiger partial charge in [0, 0.05) is 18.8 Å². The predicted molar refractivity (Wildman–Crippen MR) is 105 cm³/mol. The molecule has 0 unspecified atom stereocenters. The third kappa shape index (κ3) is 4.10. The number of rotatable bonds is 6. The number of carboxylic acid groups (broad SMARTS) is 1. The highest BCUT2D eigenvalue weighted by molar-refractivity contribution is 6.30. The molecule has 0 radical (unpaired) electrons. The van der Waals surface area contributed by atoms with Crippen molar-refractivity contribution >= 4 is 29.4 Å². The molecule has 3 heterocycles. The number of nitrogens with zero attached hydrogens (tertiary/aromatic N) is 2. The maximum absolute atomic E-state index is 13.2. The third-order valence-electron chi connectivity index (χ3n) is 5.43. The molecule has 0 aliphatic carbocycles. The lowest BCUT2D eigenvalue weighted by Gasteiger charge is -2.43. The van der Waals surface area contributed by atoms with Crippen LogP contribution in [0.2, 0.25) is 5.02 Å². The van der Waals surface area contributed by atoms with Crippen LogP contribution in [0, 0.1) is 5.92 Å². The number of hydrogen-bond acceptors (Lipinski definition) is 6. The van der Waals surface area contributed by atoms with Crippen molar-refractivity contribution in [1.29, 1.82) is 0 Å². The van der Waals surface area contributed by atoms with E-state index in [4.69, 9.17) is 11.6 Å². The number of alkyl halides is 2. The van der Waals surface area contributed by atoms with Gasteiger partial charge < -0.3 is 14.6 Å². The zero-order valence-electron chi connectivity index (χ0n) is 16.6. The van der Waals surface area contributed by atoms with Crippen LogP contribution in [-0.4, -0.2) is 45.1 Å². The number of fused-ring (bicyclic) bond motifs is 1. The van der Waals surface area contributed by atoms with E-state index in [9.17, 15) is 28.3 Å². The van der Waals surface area contributed by atoms with Gasteiger partial charge in [-0.1, -0.05) is 24.6 Å².